The van der Waals surface area contributed by atoms with E-state index in [1.165, 1.54) is 48.2 Å². The lowest BCUT2D eigenvalue weighted by Crippen LogP contribution is -2.46. The van der Waals surface area contributed by atoms with Crippen LogP contribution >= 0.6 is 0 Å². The summed E-state index contributed by atoms with van der Waals surface area (Å²) in [6.07, 6.45) is 11.3. The zero-order chi connectivity index (χ0) is 30.3. The Labute approximate surface area is 264 Å². The summed E-state index contributed by atoms with van der Waals surface area (Å²) in [5.74, 6) is 1.02. The molecule has 6 rings (SSSR count). The van der Waals surface area contributed by atoms with Crippen molar-refractivity contribution < 1.29 is 9.90 Å². The molecule has 0 spiro atoms. The van der Waals surface area contributed by atoms with Gasteiger partial charge in [0.25, 0.3) is 0 Å². The summed E-state index contributed by atoms with van der Waals surface area (Å²) in [6, 6.07) is 23.7. The van der Waals surface area contributed by atoms with Crippen molar-refractivity contribution in [3.8, 4) is 0 Å². The molecule has 2 aromatic carbocycles. The Morgan fingerprint density at radius 1 is 0.932 bits per heavy atom. The molecular weight excluding hydrogens is 544 g/mol. The molecule has 3 heterocycles. The predicted octanol–water partition coefficient (Wildman–Crippen LogP) is 7.20. The lowest BCUT2D eigenvalue weighted by molar-refractivity contribution is -0.145. The van der Waals surface area contributed by atoms with Crippen molar-refractivity contribution in [2.75, 3.05) is 32.7 Å². The lowest BCUT2D eigenvalue weighted by Gasteiger charge is -2.35. The first-order valence-corrected chi connectivity index (χ1v) is 17.4. The zero-order valence-corrected chi connectivity index (χ0v) is 26.7. The van der Waals surface area contributed by atoms with E-state index in [1.807, 2.05) is 0 Å². The van der Waals surface area contributed by atoms with E-state index in [2.05, 4.69) is 88.1 Å². The van der Waals surface area contributed by atoms with Crippen molar-refractivity contribution in [1.82, 2.24) is 19.6 Å². The van der Waals surface area contributed by atoms with Crippen LogP contribution in [0.3, 0.4) is 0 Å². The molecule has 0 radical (unpaired) electrons. The highest BCUT2D eigenvalue weighted by Gasteiger charge is 2.43. The number of aryl methyl sites for hydroxylation is 1. The van der Waals surface area contributed by atoms with Gasteiger partial charge in [0.05, 0.1) is 5.69 Å². The lowest BCUT2D eigenvalue weighted by atomic mass is 9.83. The van der Waals surface area contributed by atoms with Gasteiger partial charge in [-0.3, -0.25) is 14.4 Å². The first-order valence-electron chi connectivity index (χ1n) is 17.4. The van der Waals surface area contributed by atoms with Crippen molar-refractivity contribution in [2.45, 2.75) is 95.6 Å². The normalized spacial score (nSPS) is 23.2. The molecule has 44 heavy (non-hydrogen) atoms. The molecule has 1 N–H and O–H groups in total. The van der Waals surface area contributed by atoms with Gasteiger partial charge in [0.1, 0.15) is 6.04 Å². The zero-order valence-electron chi connectivity index (χ0n) is 26.7. The van der Waals surface area contributed by atoms with Crippen LogP contribution in [0.15, 0.2) is 66.7 Å². The number of aromatic nitrogens is 2. The van der Waals surface area contributed by atoms with Gasteiger partial charge < -0.3 is 10.0 Å². The average molecular weight is 597 g/mol. The first-order chi connectivity index (χ1) is 21.6. The molecule has 236 valence electrons. The molecule has 3 atom stereocenters. The molecule has 1 aromatic heterocycles. The van der Waals surface area contributed by atoms with Crippen LogP contribution in [0, 0.1) is 11.8 Å². The van der Waals surface area contributed by atoms with Gasteiger partial charge in [-0.15, -0.1) is 0 Å². The summed E-state index contributed by atoms with van der Waals surface area (Å²) >= 11 is 0. The number of unbranched alkanes of at least 4 members (excludes halogenated alkanes) is 1. The molecule has 0 amide bonds. The van der Waals surface area contributed by atoms with Crippen LogP contribution in [-0.4, -0.2) is 69.4 Å². The molecule has 1 saturated carbocycles. The van der Waals surface area contributed by atoms with E-state index in [0.29, 0.717) is 17.8 Å². The third-order valence-corrected chi connectivity index (χ3v) is 10.8. The molecule has 6 nitrogen and oxygen atoms in total. The van der Waals surface area contributed by atoms with E-state index in [4.69, 9.17) is 5.10 Å². The number of likely N-dealkylation sites (tertiary alicyclic amines) is 2. The quantitative estimate of drug-likeness (QED) is 0.240. The molecule has 6 heteroatoms. The Hall–Kier alpha value is -2.96. The van der Waals surface area contributed by atoms with Crippen molar-refractivity contribution in [2.24, 2.45) is 11.8 Å². The Morgan fingerprint density at radius 3 is 2.32 bits per heavy atom. The third kappa shape index (κ3) is 7.46. The number of carboxylic acid groups (broad SMARTS) is 1. The number of rotatable bonds is 12. The highest BCUT2D eigenvalue weighted by atomic mass is 16.4. The second-order valence-electron chi connectivity index (χ2n) is 13.8. The first kappa shape index (κ1) is 31.0. The van der Waals surface area contributed by atoms with Crippen LogP contribution < -0.4 is 0 Å². The third-order valence-electron chi connectivity index (χ3n) is 10.8. The number of piperidine rings is 1. The topological polar surface area (TPSA) is 61.6 Å². The van der Waals surface area contributed by atoms with Crippen molar-refractivity contribution in [3.05, 3.63) is 89.2 Å². The average Bonchev–Trinajstić information content (AvgIpc) is 3.65. The minimum Gasteiger partial charge on any atom is -0.480 e. The van der Waals surface area contributed by atoms with Gasteiger partial charge in [-0.25, -0.2) is 0 Å². The van der Waals surface area contributed by atoms with Gasteiger partial charge in [-0.05, 0) is 74.2 Å². The summed E-state index contributed by atoms with van der Waals surface area (Å²) in [6.45, 7) is 8.21. The van der Waals surface area contributed by atoms with Crippen molar-refractivity contribution in [1.29, 1.82) is 0 Å². The summed E-state index contributed by atoms with van der Waals surface area (Å²) in [4.78, 5) is 17.6. The standard InChI is InChI=1S/C38H52N4O2/c1-2-3-21-42-34(24-29-13-7-4-8-14-29)25-36(39-42)31-19-22-40(23-20-31)26-33-27-41(28-35(33)30-15-9-5-10-16-30)37(38(43)44)32-17-11-6-12-18-32/h4-5,7-10,13-16,25,31-33,35,37H,2-3,6,11-12,17-24,26-28H2,1H3,(H,43,44)/t33-,35+,37+/m0/s1. The van der Waals surface area contributed by atoms with Crippen LogP contribution in [0.4, 0.5) is 0 Å². The SMILES string of the molecule is CCCCn1nc(C2CCN(C[C@H]3CN([C@@H](C(=O)O)C4CCCCC4)C[C@@H]3c3ccccc3)CC2)cc1Cc1ccccc1. The van der Waals surface area contributed by atoms with Gasteiger partial charge >= 0.3 is 5.97 Å². The van der Waals surface area contributed by atoms with Gasteiger partial charge in [0.2, 0.25) is 0 Å². The maximum atomic E-state index is 12.6. The van der Waals surface area contributed by atoms with E-state index in [-0.39, 0.29) is 12.0 Å². The van der Waals surface area contributed by atoms with Crippen molar-refractivity contribution in [3.63, 3.8) is 0 Å². The Bertz CT molecular complexity index is 1310. The smallest absolute Gasteiger partial charge is 0.321 e. The summed E-state index contributed by atoms with van der Waals surface area (Å²) in [7, 11) is 0. The molecule has 2 aliphatic heterocycles. The largest absolute Gasteiger partial charge is 0.480 e. The summed E-state index contributed by atoms with van der Waals surface area (Å²) in [5, 5.41) is 15.6. The summed E-state index contributed by atoms with van der Waals surface area (Å²) < 4.78 is 2.28. The van der Waals surface area contributed by atoms with E-state index in [9.17, 15) is 9.90 Å². The maximum Gasteiger partial charge on any atom is 0.321 e. The maximum absolute atomic E-state index is 12.6. The van der Waals surface area contributed by atoms with Gasteiger partial charge in [0.15, 0.2) is 0 Å². The fraction of sp³-hybridized carbons (Fsp3) is 0.579. The number of nitrogens with zero attached hydrogens (tertiary/aromatic N) is 4. The molecule has 0 bridgehead atoms. The Balaban J connectivity index is 1.12. The fourth-order valence-electron chi connectivity index (χ4n) is 8.37. The number of carbonyl (C=O) groups is 1. The molecule has 2 saturated heterocycles. The number of aliphatic carboxylic acids is 1. The number of hydrogen-bond acceptors (Lipinski definition) is 4. The minimum atomic E-state index is -0.616. The van der Waals surface area contributed by atoms with Crippen LogP contribution in [0.5, 0.6) is 0 Å². The molecular formula is C38H52N4O2. The van der Waals surface area contributed by atoms with Gasteiger partial charge in [0, 0.05) is 50.1 Å². The van der Waals surface area contributed by atoms with Crippen LogP contribution in [0.1, 0.15) is 99.1 Å². The molecule has 3 aromatic rings. The number of benzene rings is 2. The minimum absolute atomic E-state index is 0.288. The predicted molar refractivity (Wildman–Crippen MR) is 177 cm³/mol. The Kier molecular flexibility index (Phi) is 10.5. The van der Waals surface area contributed by atoms with Crippen LogP contribution in [-0.2, 0) is 17.8 Å². The highest BCUT2D eigenvalue weighted by molar-refractivity contribution is 5.74. The second kappa shape index (κ2) is 14.9. The Morgan fingerprint density at radius 2 is 1.64 bits per heavy atom. The van der Waals surface area contributed by atoms with E-state index < -0.39 is 5.97 Å². The van der Waals surface area contributed by atoms with E-state index >= 15 is 0 Å². The van der Waals surface area contributed by atoms with Crippen LogP contribution in [0.2, 0.25) is 0 Å². The molecule has 1 aliphatic carbocycles. The molecule has 3 aliphatic rings. The second-order valence-corrected chi connectivity index (χ2v) is 13.8. The molecule has 3 fully saturated rings. The highest BCUT2D eigenvalue weighted by Crippen LogP contribution is 2.39. The fourth-order valence-corrected chi connectivity index (χ4v) is 8.37. The van der Waals surface area contributed by atoms with Gasteiger partial charge in [-0.2, -0.15) is 5.10 Å². The van der Waals surface area contributed by atoms with Crippen molar-refractivity contribution >= 4 is 5.97 Å². The number of hydrogen-bond donors (Lipinski definition) is 1. The van der Waals surface area contributed by atoms with E-state index in [1.54, 1.807) is 0 Å². The summed E-state index contributed by atoms with van der Waals surface area (Å²) in [5.41, 5.74) is 5.33. The van der Waals surface area contributed by atoms with Crippen LogP contribution in [0.25, 0.3) is 0 Å². The monoisotopic (exact) mass is 596 g/mol. The molecule has 0 unspecified atom stereocenters. The van der Waals surface area contributed by atoms with E-state index in [0.717, 1.165) is 77.8 Å². The number of carboxylic acids is 1. The van der Waals surface area contributed by atoms with Gasteiger partial charge in [-0.1, -0.05) is 93.3 Å².